The summed E-state index contributed by atoms with van der Waals surface area (Å²) in [5.74, 6) is 0.121. The zero-order valence-electron chi connectivity index (χ0n) is 16.7. The molecule has 0 unspecified atom stereocenters. The first-order valence-electron chi connectivity index (χ1n) is 8.53. The van der Waals surface area contributed by atoms with Gasteiger partial charge in [0, 0.05) is 23.3 Å². The average Bonchev–Trinajstić information content (AvgIpc) is 2.90. The summed E-state index contributed by atoms with van der Waals surface area (Å²) < 4.78 is 25.5. The fraction of sp³-hybridized carbons (Fsp3) is 0.474. The molecule has 1 aromatic heterocycles. The predicted octanol–water partition coefficient (Wildman–Crippen LogP) is 4.24. The van der Waals surface area contributed by atoms with Gasteiger partial charge in [0.2, 0.25) is 0 Å². The molecule has 0 aliphatic carbocycles. The van der Waals surface area contributed by atoms with Crippen LogP contribution in [0, 0.1) is 0 Å². The van der Waals surface area contributed by atoms with Crippen LogP contribution in [0.1, 0.15) is 57.6 Å². The normalized spacial score (nSPS) is 12.9. The Morgan fingerprint density at radius 3 is 2.19 bits per heavy atom. The van der Waals surface area contributed by atoms with E-state index in [1.54, 1.807) is 4.68 Å². The summed E-state index contributed by atoms with van der Waals surface area (Å²) in [6.07, 6.45) is 1.06. The van der Waals surface area contributed by atoms with Gasteiger partial charge < -0.3 is 5.32 Å². The highest BCUT2D eigenvalue weighted by molar-refractivity contribution is 7.90. The van der Waals surface area contributed by atoms with Crippen molar-refractivity contribution < 1.29 is 13.2 Å². The van der Waals surface area contributed by atoms with Crippen LogP contribution in [0.15, 0.2) is 29.2 Å². The highest BCUT2D eigenvalue weighted by Gasteiger charge is 2.26. The maximum Gasteiger partial charge on any atom is 0.256 e. The third-order valence-electron chi connectivity index (χ3n) is 3.95. The van der Waals surface area contributed by atoms with Gasteiger partial charge in [0.05, 0.1) is 21.2 Å². The molecular formula is C19H26ClN3O3S. The minimum atomic E-state index is -3.54. The highest BCUT2D eigenvalue weighted by Crippen LogP contribution is 2.29. The number of hydrogen-bond acceptors (Lipinski definition) is 4. The molecular weight excluding hydrogens is 386 g/mol. The fourth-order valence-corrected chi connectivity index (χ4v) is 3.77. The van der Waals surface area contributed by atoms with Gasteiger partial charge in [-0.1, -0.05) is 32.4 Å². The molecule has 2 rings (SSSR count). The molecule has 1 N–H and O–H groups in total. The van der Waals surface area contributed by atoms with Crippen molar-refractivity contribution in [3.05, 3.63) is 40.5 Å². The Morgan fingerprint density at radius 1 is 1.11 bits per heavy atom. The Morgan fingerprint density at radius 2 is 1.70 bits per heavy atom. The van der Waals surface area contributed by atoms with Gasteiger partial charge in [-0.15, -0.1) is 0 Å². The number of nitrogens with zero attached hydrogens (tertiary/aromatic N) is 2. The lowest BCUT2D eigenvalue weighted by Crippen LogP contribution is -2.27. The molecule has 1 aromatic carbocycles. The second kappa shape index (κ2) is 6.95. The van der Waals surface area contributed by atoms with Crippen molar-refractivity contribution in [2.24, 2.45) is 0 Å². The van der Waals surface area contributed by atoms with Crippen molar-refractivity contribution in [3.63, 3.8) is 0 Å². The fourth-order valence-electron chi connectivity index (χ4n) is 2.47. The summed E-state index contributed by atoms with van der Waals surface area (Å²) in [7, 11) is -3.54. The van der Waals surface area contributed by atoms with Crippen molar-refractivity contribution in [2.75, 3.05) is 11.6 Å². The number of carbonyl (C=O) groups excluding carboxylic acids is 1. The number of sulfone groups is 1. The number of rotatable bonds is 3. The summed E-state index contributed by atoms with van der Waals surface area (Å²) in [4.78, 5) is 12.7. The van der Waals surface area contributed by atoms with E-state index < -0.39 is 15.7 Å². The van der Waals surface area contributed by atoms with E-state index in [2.05, 4.69) is 10.4 Å². The SMILES string of the molecule is CC(C)(C)c1cc(NC(=O)c2ccc(Cl)c(S(C)(=O)=O)c2)n(C(C)(C)C)n1. The van der Waals surface area contributed by atoms with Crippen LogP contribution in [-0.2, 0) is 20.8 Å². The van der Waals surface area contributed by atoms with Crippen LogP contribution in [0.3, 0.4) is 0 Å². The van der Waals surface area contributed by atoms with E-state index in [-0.39, 0.29) is 26.4 Å². The van der Waals surface area contributed by atoms with Crippen molar-refractivity contribution in [2.45, 2.75) is 57.4 Å². The van der Waals surface area contributed by atoms with E-state index in [4.69, 9.17) is 11.6 Å². The van der Waals surface area contributed by atoms with Gasteiger partial charge in [0.25, 0.3) is 5.91 Å². The molecule has 148 valence electrons. The number of nitrogens with one attached hydrogen (secondary N) is 1. The zero-order chi connectivity index (χ0) is 20.8. The summed E-state index contributed by atoms with van der Waals surface area (Å²) in [5, 5.41) is 7.59. The van der Waals surface area contributed by atoms with Crippen LogP contribution in [0.25, 0.3) is 0 Å². The molecule has 0 bridgehead atoms. The zero-order valence-corrected chi connectivity index (χ0v) is 18.3. The number of aromatic nitrogens is 2. The molecule has 0 spiro atoms. The van der Waals surface area contributed by atoms with E-state index in [1.165, 1.54) is 18.2 Å². The number of amides is 1. The summed E-state index contributed by atoms with van der Waals surface area (Å²) in [6, 6.07) is 6.04. The third kappa shape index (κ3) is 4.90. The highest BCUT2D eigenvalue weighted by atomic mass is 35.5. The lowest BCUT2D eigenvalue weighted by Gasteiger charge is -2.23. The maximum absolute atomic E-state index is 12.8. The molecule has 0 atom stereocenters. The molecule has 1 amide bonds. The van der Waals surface area contributed by atoms with Gasteiger partial charge in [-0.3, -0.25) is 4.79 Å². The molecule has 0 saturated carbocycles. The lowest BCUT2D eigenvalue weighted by molar-refractivity contribution is 0.102. The van der Waals surface area contributed by atoms with E-state index in [9.17, 15) is 13.2 Å². The first-order valence-corrected chi connectivity index (χ1v) is 10.8. The Hall–Kier alpha value is -1.86. The van der Waals surface area contributed by atoms with Gasteiger partial charge in [-0.2, -0.15) is 5.10 Å². The Labute approximate surface area is 165 Å². The predicted molar refractivity (Wildman–Crippen MR) is 108 cm³/mol. The largest absolute Gasteiger partial charge is 0.307 e. The quantitative estimate of drug-likeness (QED) is 0.818. The van der Waals surface area contributed by atoms with Crippen LogP contribution >= 0.6 is 11.6 Å². The molecule has 2 aromatic rings. The van der Waals surface area contributed by atoms with Crippen LogP contribution in [0.4, 0.5) is 5.82 Å². The number of halogens is 1. The van der Waals surface area contributed by atoms with E-state index in [0.717, 1.165) is 11.9 Å². The third-order valence-corrected chi connectivity index (χ3v) is 5.53. The lowest BCUT2D eigenvalue weighted by atomic mass is 9.92. The molecule has 0 aliphatic heterocycles. The molecule has 27 heavy (non-hydrogen) atoms. The van der Waals surface area contributed by atoms with Crippen molar-refractivity contribution in [3.8, 4) is 0 Å². The van der Waals surface area contributed by atoms with Crippen LogP contribution in [0.5, 0.6) is 0 Å². The smallest absolute Gasteiger partial charge is 0.256 e. The number of benzene rings is 1. The molecule has 0 radical (unpaired) electrons. The molecule has 0 saturated heterocycles. The molecule has 0 fully saturated rings. The first-order chi connectivity index (χ1) is 12.1. The van der Waals surface area contributed by atoms with E-state index in [1.807, 2.05) is 47.6 Å². The molecule has 6 nitrogen and oxygen atoms in total. The van der Waals surface area contributed by atoms with Crippen molar-refractivity contribution in [1.29, 1.82) is 0 Å². The molecule has 0 aliphatic rings. The van der Waals surface area contributed by atoms with Crippen molar-refractivity contribution in [1.82, 2.24) is 9.78 Å². The van der Waals surface area contributed by atoms with Gasteiger partial charge in [-0.05, 0) is 39.0 Å². The van der Waals surface area contributed by atoms with Gasteiger partial charge in [-0.25, -0.2) is 13.1 Å². The average molecular weight is 412 g/mol. The first kappa shape index (κ1) is 21.4. The summed E-state index contributed by atoms with van der Waals surface area (Å²) >= 11 is 5.96. The Kier molecular flexibility index (Phi) is 5.52. The van der Waals surface area contributed by atoms with Crippen molar-refractivity contribution >= 4 is 33.2 Å². The minimum Gasteiger partial charge on any atom is -0.307 e. The minimum absolute atomic E-state index is 0.0727. The number of hydrogen-bond donors (Lipinski definition) is 1. The number of anilines is 1. The molecule has 8 heteroatoms. The Bertz CT molecular complexity index is 981. The van der Waals surface area contributed by atoms with Crippen LogP contribution in [-0.4, -0.2) is 30.4 Å². The standard InChI is InChI=1S/C19H26ClN3O3S/c1-18(2,3)15-11-16(23(22-15)19(4,5)6)21-17(24)12-8-9-13(20)14(10-12)27(7,25)26/h8-11H,1-7H3,(H,21,24). The number of carbonyl (C=O) groups is 1. The summed E-state index contributed by atoms with van der Waals surface area (Å²) in [5.41, 5.74) is 0.531. The maximum atomic E-state index is 12.8. The van der Waals surface area contributed by atoms with Crippen LogP contribution in [0.2, 0.25) is 5.02 Å². The topological polar surface area (TPSA) is 81.1 Å². The second-order valence-electron chi connectivity index (χ2n) is 8.62. The van der Waals surface area contributed by atoms with E-state index >= 15 is 0 Å². The van der Waals surface area contributed by atoms with E-state index in [0.29, 0.717) is 5.82 Å². The Balaban J connectivity index is 2.46. The molecule has 1 heterocycles. The van der Waals surface area contributed by atoms with Gasteiger partial charge >= 0.3 is 0 Å². The monoisotopic (exact) mass is 411 g/mol. The van der Waals surface area contributed by atoms with Crippen LogP contribution < -0.4 is 5.32 Å². The summed E-state index contributed by atoms with van der Waals surface area (Å²) in [6.45, 7) is 12.1. The van der Waals surface area contributed by atoms with Gasteiger partial charge in [0.1, 0.15) is 5.82 Å². The van der Waals surface area contributed by atoms with Gasteiger partial charge in [0.15, 0.2) is 9.84 Å². The second-order valence-corrected chi connectivity index (χ2v) is 11.0.